The van der Waals surface area contributed by atoms with Crippen LogP contribution in [0.15, 0.2) is 121 Å². The standard InChI is InChI=1S/C17H20O2.2C7H6O2/c1-17(19,15-10-6-3-7-11-15)13-12-16(18)14-8-4-2-5-9-14;2*8-7(9)6-4-2-1-3-5-6/h2-11,16,18-19H,12-13H2,1H3;2*1-5H,(H,8,9). The number of carboxylic acid groups (broad SMARTS) is 2. The van der Waals surface area contributed by atoms with Gasteiger partial charge >= 0.3 is 11.9 Å². The third-order valence-corrected chi connectivity index (χ3v) is 5.53. The van der Waals surface area contributed by atoms with Crippen LogP contribution in [-0.4, -0.2) is 32.4 Å². The Morgan fingerprint density at radius 1 is 0.649 bits per heavy atom. The molecule has 0 aliphatic carbocycles. The van der Waals surface area contributed by atoms with Gasteiger partial charge in [0.25, 0.3) is 0 Å². The van der Waals surface area contributed by atoms with Gasteiger partial charge in [0.1, 0.15) is 0 Å². The van der Waals surface area contributed by atoms with E-state index in [-0.39, 0.29) is 0 Å². The summed E-state index contributed by atoms with van der Waals surface area (Å²) in [5, 5.41) is 37.4. The van der Waals surface area contributed by atoms with Gasteiger partial charge in [-0.3, -0.25) is 0 Å². The maximum Gasteiger partial charge on any atom is 0.335 e. The van der Waals surface area contributed by atoms with E-state index in [1.54, 1.807) is 67.6 Å². The number of aromatic carboxylic acids is 2. The molecular weight excluding hydrogens is 468 g/mol. The second-order valence-corrected chi connectivity index (χ2v) is 8.45. The van der Waals surface area contributed by atoms with E-state index in [0.717, 1.165) is 11.1 Å². The molecule has 4 rings (SSSR count). The Balaban J connectivity index is 0.000000222. The predicted molar refractivity (Wildman–Crippen MR) is 143 cm³/mol. The minimum Gasteiger partial charge on any atom is -0.478 e. The summed E-state index contributed by atoms with van der Waals surface area (Å²) in [5.41, 5.74) is 1.54. The van der Waals surface area contributed by atoms with Gasteiger partial charge in [-0.05, 0) is 55.2 Å². The molecule has 4 aromatic carbocycles. The molecule has 4 N–H and O–H groups in total. The van der Waals surface area contributed by atoms with Crippen molar-refractivity contribution in [3.8, 4) is 0 Å². The number of hydrogen-bond donors (Lipinski definition) is 4. The van der Waals surface area contributed by atoms with E-state index in [2.05, 4.69) is 0 Å². The molecular formula is C31H32O6. The van der Waals surface area contributed by atoms with E-state index in [1.165, 1.54) is 0 Å². The fourth-order valence-electron chi connectivity index (χ4n) is 3.36. The van der Waals surface area contributed by atoms with Gasteiger partial charge in [0.15, 0.2) is 0 Å². The van der Waals surface area contributed by atoms with Crippen molar-refractivity contribution in [2.45, 2.75) is 31.5 Å². The zero-order valence-electron chi connectivity index (χ0n) is 20.6. The maximum atomic E-state index is 10.5. The van der Waals surface area contributed by atoms with E-state index in [9.17, 15) is 19.8 Å². The number of rotatable bonds is 7. The van der Waals surface area contributed by atoms with Crippen LogP contribution in [0.2, 0.25) is 0 Å². The normalized spacial score (nSPS) is 12.4. The van der Waals surface area contributed by atoms with Crippen LogP contribution in [0.5, 0.6) is 0 Å². The molecule has 37 heavy (non-hydrogen) atoms. The second kappa shape index (κ2) is 15.0. The highest BCUT2D eigenvalue weighted by Crippen LogP contribution is 2.29. The van der Waals surface area contributed by atoms with Crippen LogP contribution in [0.25, 0.3) is 0 Å². The topological polar surface area (TPSA) is 115 Å². The van der Waals surface area contributed by atoms with Gasteiger partial charge in [0, 0.05) is 0 Å². The highest BCUT2D eigenvalue weighted by Gasteiger charge is 2.24. The Kier molecular flexibility index (Phi) is 11.7. The number of hydrogen-bond acceptors (Lipinski definition) is 4. The highest BCUT2D eigenvalue weighted by atomic mass is 16.4. The zero-order chi connectivity index (χ0) is 27.1. The first-order chi connectivity index (χ1) is 17.7. The second-order valence-electron chi connectivity index (χ2n) is 8.45. The van der Waals surface area contributed by atoms with Crippen molar-refractivity contribution in [3.63, 3.8) is 0 Å². The number of carboxylic acids is 2. The van der Waals surface area contributed by atoms with Crippen molar-refractivity contribution in [1.29, 1.82) is 0 Å². The smallest absolute Gasteiger partial charge is 0.335 e. The van der Waals surface area contributed by atoms with Gasteiger partial charge in [-0.1, -0.05) is 97.1 Å². The number of benzene rings is 4. The molecule has 0 aromatic heterocycles. The van der Waals surface area contributed by atoms with Crippen molar-refractivity contribution in [1.82, 2.24) is 0 Å². The Morgan fingerprint density at radius 3 is 1.35 bits per heavy atom. The van der Waals surface area contributed by atoms with Crippen LogP contribution in [-0.2, 0) is 5.60 Å². The van der Waals surface area contributed by atoms with Crippen LogP contribution in [0.4, 0.5) is 0 Å². The molecule has 0 aliphatic rings. The van der Waals surface area contributed by atoms with Crippen LogP contribution >= 0.6 is 0 Å². The van der Waals surface area contributed by atoms with Crippen molar-refractivity contribution < 1.29 is 30.0 Å². The van der Waals surface area contributed by atoms with E-state index < -0.39 is 23.6 Å². The quantitative estimate of drug-likeness (QED) is 0.241. The molecule has 6 nitrogen and oxygen atoms in total. The summed E-state index contributed by atoms with van der Waals surface area (Å²) in [5.74, 6) is -1.76. The predicted octanol–water partition coefficient (Wildman–Crippen LogP) is 6.18. The Labute approximate surface area is 217 Å². The van der Waals surface area contributed by atoms with Crippen molar-refractivity contribution >= 4 is 11.9 Å². The molecule has 4 aromatic rings. The molecule has 0 amide bonds. The molecule has 192 valence electrons. The molecule has 0 fully saturated rings. The summed E-state index contributed by atoms with van der Waals surface area (Å²) in [6.07, 6.45) is 0.523. The molecule has 6 heteroatoms. The molecule has 0 saturated heterocycles. The van der Waals surface area contributed by atoms with Crippen molar-refractivity contribution in [3.05, 3.63) is 144 Å². The summed E-state index contributed by atoms with van der Waals surface area (Å²) in [6, 6.07) is 35.7. The summed E-state index contributed by atoms with van der Waals surface area (Å²) < 4.78 is 0. The molecule has 0 radical (unpaired) electrons. The van der Waals surface area contributed by atoms with Gasteiger partial charge in [0.05, 0.1) is 22.8 Å². The van der Waals surface area contributed by atoms with Crippen LogP contribution in [0, 0.1) is 0 Å². The molecule has 0 spiro atoms. The van der Waals surface area contributed by atoms with E-state index >= 15 is 0 Å². The Bertz CT molecular complexity index is 1140. The third-order valence-electron chi connectivity index (χ3n) is 5.53. The van der Waals surface area contributed by atoms with Crippen LogP contribution in [0.1, 0.15) is 57.7 Å². The average molecular weight is 501 g/mol. The van der Waals surface area contributed by atoms with Crippen molar-refractivity contribution in [2.24, 2.45) is 0 Å². The SMILES string of the molecule is CC(O)(CCC(O)c1ccccc1)c1ccccc1.O=C(O)c1ccccc1.O=C(O)c1ccccc1. The highest BCUT2D eigenvalue weighted by molar-refractivity contribution is 5.87. The summed E-state index contributed by atoms with van der Waals surface area (Å²) in [4.78, 5) is 20.4. The monoisotopic (exact) mass is 500 g/mol. The fourth-order valence-corrected chi connectivity index (χ4v) is 3.36. The first-order valence-electron chi connectivity index (χ1n) is 11.8. The third kappa shape index (κ3) is 10.5. The van der Waals surface area contributed by atoms with Gasteiger partial charge in [-0.15, -0.1) is 0 Å². The zero-order valence-corrected chi connectivity index (χ0v) is 20.6. The minimum absolute atomic E-state index is 0.331. The fraction of sp³-hybridized carbons (Fsp3) is 0.161. The Hall–Kier alpha value is -4.26. The lowest BCUT2D eigenvalue weighted by Gasteiger charge is -2.25. The molecule has 2 atom stereocenters. The first-order valence-corrected chi connectivity index (χ1v) is 11.8. The van der Waals surface area contributed by atoms with Crippen LogP contribution < -0.4 is 0 Å². The number of aliphatic hydroxyl groups excluding tert-OH is 1. The molecule has 0 heterocycles. The lowest BCUT2D eigenvalue weighted by Crippen LogP contribution is -2.21. The molecule has 0 bridgehead atoms. The molecule has 2 unspecified atom stereocenters. The summed E-state index contributed by atoms with van der Waals surface area (Å²) in [6.45, 7) is 1.79. The van der Waals surface area contributed by atoms with E-state index in [4.69, 9.17) is 10.2 Å². The Morgan fingerprint density at radius 2 is 1.00 bits per heavy atom. The van der Waals surface area contributed by atoms with E-state index in [1.807, 2.05) is 60.7 Å². The maximum absolute atomic E-state index is 10.5. The van der Waals surface area contributed by atoms with Gasteiger partial charge < -0.3 is 20.4 Å². The van der Waals surface area contributed by atoms with Gasteiger partial charge in [0.2, 0.25) is 0 Å². The van der Waals surface area contributed by atoms with Crippen LogP contribution in [0.3, 0.4) is 0 Å². The number of carbonyl (C=O) groups is 2. The summed E-state index contributed by atoms with van der Waals surface area (Å²) in [7, 11) is 0. The number of aliphatic hydroxyl groups is 2. The molecule has 0 aliphatic heterocycles. The minimum atomic E-state index is -0.906. The van der Waals surface area contributed by atoms with Gasteiger partial charge in [-0.2, -0.15) is 0 Å². The average Bonchev–Trinajstić information content (AvgIpc) is 2.94. The lowest BCUT2D eigenvalue weighted by atomic mass is 9.89. The van der Waals surface area contributed by atoms with Gasteiger partial charge in [-0.25, -0.2) is 9.59 Å². The largest absolute Gasteiger partial charge is 0.478 e. The van der Waals surface area contributed by atoms with Crippen molar-refractivity contribution in [2.75, 3.05) is 0 Å². The molecule has 0 saturated carbocycles. The lowest BCUT2D eigenvalue weighted by molar-refractivity contribution is 0.0285. The summed E-state index contributed by atoms with van der Waals surface area (Å²) >= 11 is 0. The first kappa shape index (κ1) is 29.0. The van der Waals surface area contributed by atoms with E-state index in [0.29, 0.717) is 24.0 Å².